The van der Waals surface area contributed by atoms with E-state index in [1.165, 1.54) is 7.11 Å². The molecule has 42 heavy (non-hydrogen) atoms. The van der Waals surface area contributed by atoms with Crippen LogP contribution in [0.5, 0.6) is 5.75 Å². The maximum atomic E-state index is 12.7. The number of benzene rings is 4. The molecule has 0 saturated carbocycles. The predicted octanol–water partition coefficient (Wildman–Crippen LogP) is 4.57. The summed E-state index contributed by atoms with van der Waals surface area (Å²) in [6.07, 6.45) is -0.221. The standard InChI is InChI=1S/C34H36N2O6/c1-41-34(40)28-16-14-27(15-17-28)33(39)35-29-18-12-25(13-19-29)20-30(23-37)36(21-26-8-4-2-5-9-26)22-31(38)24-42-32-10-6-3-7-11-32/h2-19,30-31,37-38H,20-24H2,1H3,(H,35,39). The van der Waals surface area contributed by atoms with Gasteiger partial charge in [0.25, 0.3) is 5.91 Å². The third-order valence-electron chi connectivity index (χ3n) is 6.84. The van der Waals surface area contributed by atoms with E-state index in [4.69, 9.17) is 9.47 Å². The summed E-state index contributed by atoms with van der Waals surface area (Å²) in [5.74, 6) is -0.0699. The monoisotopic (exact) mass is 568 g/mol. The highest BCUT2D eigenvalue weighted by Gasteiger charge is 2.22. The molecule has 0 aromatic heterocycles. The van der Waals surface area contributed by atoms with Crippen LogP contribution in [-0.2, 0) is 17.7 Å². The van der Waals surface area contributed by atoms with E-state index in [2.05, 4.69) is 10.2 Å². The lowest BCUT2D eigenvalue weighted by atomic mass is 10.0. The predicted molar refractivity (Wildman–Crippen MR) is 162 cm³/mol. The van der Waals surface area contributed by atoms with E-state index in [1.54, 1.807) is 24.3 Å². The second-order valence-electron chi connectivity index (χ2n) is 9.95. The molecule has 218 valence electrons. The molecule has 0 aliphatic heterocycles. The average Bonchev–Trinajstić information content (AvgIpc) is 3.03. The molecule has 0 spiro atoms. The summed E-state index contributed by atoms with van der Waals surface area (Å²) >= 11 is 0. The number of esters is 1. The molecule has 4 aromatic carbocycles. The Morgan fingerprint density at radius 1 is 0.810 bits per heavy atom. The molecule has 0 aliphatic carbocycles. The minimum Gasteiger partial charge on any atom is -0.491 e. The van der Waals surface area contributed by atoms with E-state index in [-0.39, 0.29) is 25.2 Å². The number of para-hydroxylation sites is 1. The maximum absolute atomic E-state index is 12.7. The number of amides is 1. The number of nitrogens with one attached hydrogen (secondary N) is 1. The van der Waals surface area contributed by atoms with Gasteiger partial charge in [-0.1, -0.05) is 60.7 Å². The molecule has 0 aliphatic rings. The van der Waals surface area contributed by atoms with Crippen LogP contribution < -0.4 is 10.1 Å². The first-order chi connectivity index (χ1) is 20.4. The van der Waals surface area contributed by atoms with Gasteiger partial charge in [-0.15, -0.1) is 0 Å². The lowest BCUT2D eigenvalue weighted by Gasteiger charge is -2.32. The summed E-state index contributed by atoms with van der Waals surface area (Å²) in [7, 11) is 1.31. The Bertz CT molecular complexity index is 1400. The number of methoxy groups -OCH3 is 1. The lowest BCUT2D eigenvalue weighted by Crippen LogP contribution is -2.44. The topological polar surface area (TPSA) is 108 Å². The number of hydrogen-bond donors (Lipinski definition) is 3. The molecule has 0 radical (unpaired) electrons. The van der Waals surface area contributed by atoms with Crippen molar-refractivity contribution in [2.24, 2.45) is 0 Å². The molecule has 0 bridgehead atoms. The van der Waals surface area contributed by atoms with E-state index >= 15 is 0 Å². The number of ether oxygens (including phenoxy) is 2. The summed E-state index contributed by atoms with van der Waals surface area (Å²) < 4.78 is 10.4. The average molecular weight is 569 g/mol. The van der Waals surface area contributed by atoms with Crippen molar-refractivity contribution in [3.63, 3.8) is 0 Å². The molecule has 8 heteroatoms. The third kappa shape index (κ3) is 9.01. The number of anilines is 1. The van der Waals surface area contributed by atoms with Crippen LogP contribution in [0, 0.1) is 0 Å². The van der Waals surface area contributed by atoms with E-state index in [0.29, 0.717) is 42.1 Å². The first kappa shape index (κ1) is 30.5. The number of carbonyl (C=O) groups excluding carboxylic acids is 2. The first-order valence-corrected chi connectivity index (χ1v) is 13.8. The molecule has 8 nitrogen and oxygen atoms in total. The Labute approximate surface area is 246 Å². The zero-order valence-corrected chi connectivity index (χ0v) is 23.6. The fraction of sp³-hybridized carbons (Fsp3) is 0.235. The smallest absolute Gasteiger partial charge is 0.337 e. The normalized spacial score (nSPS) is 12.4. The summed E-state index contributed by atoms with van der Waals surface area (Å²) in [6.45, 7) is 0.902. The lowest BCUT2D eigenvalue weighted by molar-refractivity contribution is 0.0335. The third-order valence-corrected chi connectivity index (χ3v) is 6.84. The molecular formula is C34H36N2O6. The largest absolute Gasteiger partial charge is 0.491 e. The summed E-state index contributed by atoms with van der Waals surface area (Å²) in [5.41, 5.74) is 3.45. The number of aliphatic hydroxyl groups excluding tert-OH is 2. The van der Waals surface area contributed by atoms with Crippen molar-refractivity contribution in [3.8, 4) is 5.75 Å². The number of carbonyl (C=O) groups is 2. The highest BCUT2D eigenvalue weighted by molar-refractivity contribution is 6.04. The van der Waals surface area contributed by atoms with Crippen LogP contribution in [-0.4, -0.2) is 66.0 Å². The second-order valence-corrected chi connectivity index (χ2v) is 9.95. The zero-order valence-electron chi connectivity index (χ0n) is 23.6. The Morgan fingerprint density at radius 3 is 2.05 bits per heavy atom. The maximum Gasteiger partial charge on any atom is 0.337 e. The zero-order chi connectivity index (χ0) is 29.7. The first-order valence-electron chi connectivity index (χ1n) is 13.8. The summed E-state index contributed by atoms with van der Waals surface area (Å²) in [5, 5.41) is 24.1. The Balaban J connectivity index is 1.39. The minimum absolute atomic E-state index is 0.0981. The van der Waals surface area contributed by atoms with Gasteiger partial charge in [0.05, 0.1) is 19.3 Å². The Hall–Kier alpha value is -4.50. The molecule has 4 aromatic rings. The number of nitrogens with zero attached hydrogens (tertiary/aromatic N) is 1. The fourth-order valence-electron chi connectivity index (χ4n) is 4.58. The van der Waals surface area contributed by atoms with E-state index < -0.39 is 12.1 Å². The van der Waals surface area contributed by atoms with Crippen molar-refractivity contribution in [3.05, 3.63) is 131 Å². The molecule has 1 amide bonds. The highest BCUT2D eigenvalue weighted by Crippen LogP contribution is 2.18. The highest BCUT2D eigenvalue weighted by atomic mass is 16.5. The van der Waals surface area contributed by atoms with Crippen molar-refractivity contribution in [2.75, 3.05) is 32.2 Å². The Morgan fingerprint density at radius 2 is 1.43 bits per heavy atom. The van der Waals surface area contributed by atoms with Crippen LogP contribution in [0.15, 0.2) is 109 Å². The van der Waals surface area contributed by atoms with Gasteiger partial charge in [0.15, 0.2) is 0 Å². The molecule has 0 heterocycles. The van der Waals surface area contributed by atoms with Crippen LogP contribution in [0.1, 0.15) is 31.8 Å². The van der Waals surface area contributed by atoms with Crippen LogP contribution in [0.4, 0.5) is 5.69 Å². The van der Waals surface area contributed by atoms with Crippen molar-refractivity contribution >= 4 is 17.6 Å². The van der Waals surface area contributed by atoms with Crippen molar-refractivity contribution in [1.82, 2.24) is 4.90 Å². The number of rotatable bonds is 14. The van der Waals surface area contributed by atoms with Crippen LogP contribution in [0.3, 0.4) is 0 Å². The van der Waals surface area contributed by atoms with E-state index in [1.807, 2.05) is 84.9 Å². The molecule has 0 fully saturated rings. The molecule has 4 rings (SSSR count). The minimum atomic E-state index is -0.762. The van der Waals surface area contributed by atoms with Gasteiger partial charge in [0.2, 0.25) is 0 Å². The molecule has 0 saturated heterocycles. The quantitative estimate of drug-likeness (QED) is 0.191. The van der Waals surface area contributed by atoms with Gasteiger partial charge < -0.3 is 25.0 Å². The van der Waals surface area contributed by atoms with Crippen molar-refractivity contribution < 1.29 is 29.3 Å². The van der Waals surface area contributed by atoms with Gasteiger partial charge in [-0.2, -0.15) is 0 Å². The Kier molecular flexibility index (Phi) is 11.2. The number of aliphatic hydroxyl groups is 2. The van der Waals surface area contributed by atoms with Gasteiger partial charge in [0.1, 0.15) is 18.5 Å². The second kappa shape index (κ2) is 15.5. The molecular weight excluding hydrogens is 532 g/mol. The van der Waals surface area contributed by atoms with Gasteiger partial charge in [0, 0.05) is 30.4 Å². The van der Waals surface area contributed by atoms with Gasteiger partial charge >= 0.3 is 5.97 Å². The van der Waals surface area contributed by atoms with E-state index in [0.717, 1.165) is 11.1 Å². The van der Waals surface area contributed by atoms with Gasteiger partial charge in [-0.3, -0.25) is 9.69 Å². The summed E-state index contributed by atoms with van der Waals surface area (Å²) in [6, 6.07) is 32.7. The van der Waals surface area contributed by atoms with Crippen LogP contribution in [0.2, 0.25) is 0 Å². The van der Waals surface area contributed by atoms with Crippen molar-refractivity contribution in [1.29, 1.82) is 0 Å². The van der Waals surface area contributed by atoms with Crippen molar-refractivity contribution in [2.45, 2.75) is 25.1 Å². The van der Waals surface area contributed by atoms with Crippen LogP contribution in [0.25, 0.3) is 0 Å². The molecule has 2 unspecified atom stereocenters. The number of hydrogen-bond acceptors (Lipinski definition) is 7. The summed E-state index contributed by atoms with van der Waals surface area (Å²) in [4.78, 5) is 26.4. The van der Waals surface area contributed by atoms with Gasteiger partial charge in [-0.05, 0) is 66.1 Å². The fourth-order valence-corrected chi connectivity index (χ4v) is 4.58. The molecule has 3 N–H and O–H groups in total. The van der Waals surface area contributed by atoms with Crippen LogP contribution >= 0.6 is 0 Å². The SMILES string of the molecule is COC(=O)c1ccc(C(=O)Nc2ccc(CC(CO)N(Cc3ccccc3)CC(O)COc3ccccc3)cc2)cc1. The van der Waals surface area contributed by atoms with Gasteiger partial charge in [-0.25, -0.2) is 4.79 Å². The van der Waals surface area contributed by atoms with E-state index in [9.17, 15) is 19.8 Å². The molecule has 2 atom stereocenters.